The van der Waals surface area contributed by atoms with Gasteiger partial charge in [-0.25, -0.2) is 4.79 Å². The number of benzene rings is 3. The van der Waals surface area contributed by atoms with Crippen molar-refractivity contribution in [3.63, 3.8) is 0 Å². The van der Waals surface area contributed by atoms with E-state index in [4.69, 9.17) is 0 Å². The minimum absolute atomic E-state index is 0.0366. The third-order valence-electron chi connectivity index (χ3n) is 7.11. The molecular weight excluding hydrogens is 436 g/mol. The molecule has 0 saturated carbocycles. The van der Waals surface area contributed by atoms with Crippen molar-refractivity contribution in [2.24, 2.45) is 0 Å². The van der Waals surface area contributed by atoms with Crippen LogP contribution in [0, 0.1) is 13.8 Å². The molecule has 35 heavy (non-hydrogen) atoms. The van der Waals surface area contributed by atoms with E-state index in [1.807, 2.05) is 55.1 Å². The van der Waals surface area contributed by atoms with Gasteiger partial charge in [-0.15, -0.1) is 0 Å². The average Bonchev–Trinajstić information content (AvgIpc) is 3.40. The van der Waals surface area contributed by atoms with Crippen molar-refractivity contribution in [2.75, 3.05) is 35.2 Å². The number of rotatable bonds is 4. The summed E-state index contributed by atoms with van der Waals surface area (Å²) in [6, 6.07) is 19.7. The third-order valence-corrected chi connectivity index (χ3v) is 7.11. The van der Waals surface area contributed by atoms with Crippen molar-refractivity contribution >= 4 is 29.0 Å². The van der Waals surface area contributed by atoms with Gasteiger partial charge in [-0.2, -0.15) is 0 Å². The molecule has 5 rings (SSSR count). The van der Waals surface area contributed by atoms with Gasteiger partial charge < -0.3 is 20.4 Å². The Kier molecular flexibility index (Phi) is 6.45. The molecule has 3 aromatic carbocycles. The Labute approximate surface area is 206 Å². The molecule has 0 aliphatic carbocycles. The third kappa shape index (κ3) is 5.02. The molecule has 180 valence electrons. The molecule has 0 radical (unpaired) electrons. The molecule has 3 amide bonds. The van der Waals surface area contributed by atoms with Gasteiger partial charge in [-0.3, -0.25) is 4.79 Å². The second kappa shape index (κ2) is 9.82. The Balaban J connectivity index is 1.39. The van der Waals surface area contributed by atoms with E-state index in [0.29, 0.717) is 11.3 Å². The monoisotopic (exact) mass is 468 g/mol. The summed E-state index contributed by atoms with van der Waals surface area (Å²) >= 11 is 0. The molecule has 0 bridgehead atoms. The lowest BCUT2D eigenvalue weighted by Crippen LogP contribution is -2.34. The summed E-state index contributed by atoms with van der Waals surface area (Å²) in [5.74, 6) is 0.0366. The maximum atomic E-state index is 13.5. The summed E-state index contributed by atoms with van der Waals surface area (Å²) in [6.07, 6.45) is 3.02. The van der Waals surface area contributed by atoms with Crippen molar-refractivity contribution in [2.45, 2.75) is 39.7 Å². The van der Waals surface area contributed by atoms with Gasteiger partial charge in [-0.1, -0.05) is 30.3 Å². The van der Waals surface area contributed by atoms with Gasteiger partial charge in [0.1, 0.15) is 0 Å². The number of amides is 3. The highest BCUT2D eigenvalue weighted by Crippen LogP contribution is 2.31. The van der Waals surface area contributed by atoms with Gasteiger partial charge in [0, 0.05) is 43.2 Å². The molecule has 2 heterocycles. The fraction of sp³-hybridized carbons (Fsp3) is 0.310. The van der Waals surface area contributed by atoms with Crippen LogP contribution >= 0.6 is 0 Å². The molecule has 2 aliphatic rings. The molecule has 0 unspecified atom stereocenters. The zero-order valence-corrected chi connectivity index (χ0v) is 20.4. The lowest BCUT2D eigenvalue weighted by molar-refractivity contribution is 0.0793. The van der Waals surface area contributed by atoms with Gasteiger partial charge in [0.05, 0.1) is 5.56 Å². The first-order valence-electron chi connectivity index (χ1n) is 12.4. The molecule has 2 N–H and O–H groups in total. The second-order valence-electron chi connectivity index (χ2n) is 9.55. The SMILES string of the molecule is Cc1ccc(NC(=O)Nc2ccc(N3CCc4ccccc4C3)c(C(=O)N3CCCC3)c2)cc1C. The van der Waals surface area contributed by atoms with Gasteiger partial charge in [-0.05, 0) is 85.7 Å². The first kappa shape index (κ1) is 23.0. The summed E-state index contributed by atoms with van der Waals surface area (Å²) in [5.41, 5.74) is 7.89. The number of anilines is 3. The van der Waals surface area contributed by atoms with Crippen molar-refractivity contribution in [1.29, 1.82) is 0 Å². The van der Waals surface area contributed by atoms with Crippen molar-refractivity contribution < 1.29 is 9.59 Å². The maximum Gasteiger partial charge on any atom is 0.323 e. The Bertz CT molecular complexity index is 1260. The Morgan fingerprint density at radius 1 is 0.771 bits per heavy atom. The summed E-state index contributed by atoms with van der Waals surface area (Å²) in [4.78, 5) is 30.4. The molecular formula is C29H32N4O2. The molecule has 3 aromatic rings. The number of fused-ring (bicyclic) bond motifs is 1. The van der Waals surface area contributed by atoms with Crippen LogP contribution in [-0.4, -0.2) is 36.5 Å². The molecule has 0 aromatic heterocycles. The minimum Gasteiger partial charge on any atom is -0.366 e. The van der Waals surface area contributed by atoms with Crippen LogP contribution in [0.3, 0.4) is 0 Å². The van der Waals surface area contributed by atoms with Crippen LogP contribution in [0.1, 0.15) is 45.5 Å². The fourth-order valence-corrected chi connectivity index (χ4v) is 4.97. The Hall–Kier alpha value is -3.80. The van der Waals surface area contributed by atoms with E-state index in [9.17, 15) is 9.59 Å². The van der Waals surface area contributed by atoms with E-state index in [1.165, 1.54) is 16.7 Å². The molecule has 0 spiro atoms. The topological polar surface area (TPSA) is 64.7 Å². The van der Waals surface area contributed by atoms with Crippen LogP contribution in [-0.2, 0) is 13.0 Å². The van der Waals surface area contributed by atoms with Crippen LogP contribution < -0.4 is 15.5 Å². The van der Waals surface area contributed by atoms with E-state index in [2.05, 4.69) is 39.8 Å². The highest BCUT2D eigenvalue weighted by atomic mass is 16.2. The number of hydrogen-bond donors (Lipinski definition) is 2. The van der Waals surface area contributed by atoms with E-state index >= 15 is 0 Å². The normalized spacial score (nSPS) is 15.0. The molecule has 6 heteroatoms. The van der Waals surface area contributed by atoms with Crippen molar-refractivity contribution in [3.8, 4) is 0 Å². The van der Waals surface area contributed by atoms with Crippen molar-refractivity contribution in [1.82, 2.24) is 4.90 Å². The smallest absolute Gasteiger partial charge is 0.323 e. The largest absolute Gasteiger partial charge is 0.366 e. The number of carbonyl (C=O) groups is 2. The van der Waals surface area contributed by atoms with E-state index in [1.54, 1.807) is 0 Å². The summed E-state index contributed by atoms with van der Waals surface area (Å²) in [5, 5.41) is 5.81. The summed E-state index contributed by atoms with van der Waals surface area (Å²) < 4.78 is 0. The maximum absolute atomic E-state index is 13.5. The van der Waals surface area contributed by atoms with Gasteiger partial charge >= 0.3 is 6.03 Å². The van der Waals surface area contributed by atoms with E-state index < -0.39 is 0 Å². The molecule has 1 fully saturated rings. The first-order chi connectivity index (χ1) is 17.0. The van der Waals surface area contributed by atoms with Gasteiger partial charge in [0.2, 0.25) is 0 Å². The molecule has 1 saturated heterocycles. The standard InChI is InChI=1S/C29H32N4O2/c1-20-9-10-24(17-21(20)2)30-29(35)31-25-11-12-27(26(18-25)28(34)32-14-5-6-15-32)33-16-13-22-7-3-4-8-23(22)19-33/h3-4,7-12,17-18H,5-6,13-16,19H2,1-2H3,(H2,30,31,35). The molecule has 0 atom stereocenters. The number of carbonyl (C=O) groups excluding carboxylic acids is 2. The van der Waals surface area contributed by atoms with Gasteiger partial charge in [0.25, 0.3) is 5.91 Å². The average molecular weight is 469 g/mol. The Morgan fingerprint density at radius 3 is 2.20 bits per heavy atom. The zero-order valence-electron chi connectivity index (χ0n) is 20.4. The van der Waals surface area contributed by atoms with E-state index in [0.717, 1.165) is 62.4 Å². The number of aryl methyl sites for hydroxylation is 2. The number of hydrogen-bond acceptors (Lipinski definition) is 3. The minimum atomic E-state index is -0.326. The summed E-state index contributed by atoms with van der Waals surface area (Å²) in [7, 11) is 0. The quantitative estimate of drug-likeness (QED) is 0.513. The van der Waals surface area contributed by atoms with Crippen LogP contribution in [0.5, 0.6) is 0 Å². The van der Waals surface area contributed by atoms with Crippen LogP contribution in [0.15, 0.2) is 60.7 Å². The van der Waals surface area contributed by atoms with Crippen molar-refractivity contribution in [3.05, 3.63) is 88.5 Å². The summed E-state index contributed by atoms with van der Waals surface area (Å²) in [6.45, 7) is 7.26. The molecule has 2 aliphatic heterocycles. The van der Waals surface area contributed by atoms with E-state index in [-0.39, 0.29) is 11.9 Å². The number of likely N-dealkylation sites (tertiary alicyclic amines) is 1. The van der Waals surface area contributed by atoms with Gasteiger partial charge in [0.15, 0.2) is 0 Å². The highest BCUT2D eigenvalue weighted by Gasteiger charge is 2.26. The van der Waals surface area contributed by atoms with Crippen LogP contribution in [0.25, 0.3) is 0 Å². The fourth-order valence-electron chi connectivity index (χ4n) is 4.97. The lowest BCUT2D eigenvalue weighted by atomic mass is 9.98. The Morgan fingerprint density at radius 2 is 1.46 bits per heavy atom. The lowest BCUT2D eigenvalue weighted by Gasteiger charge is -2.33. The first-order valence-corrected chi connectivity index (χ1v) is 12.4. The zero-order chi connectivity index (χ0) is 24.4. The predicted octanol–water partition coefficient (Wildman–Crippen LogP) is 5.75. The number of nitrogens with zero attached hydrogens (tertiary/aromatic N) is 2. The predicted molar refractivity (Wildman–Crippen MR) is 141 cm³/mol. The van der Waals surface area contributed by atoms with Crippen LogP contribution in [0.2, 0.25) is 0 Å². The second-order valence-corrected chi connectivity index (χ2v) is 9.55. The number of nitrogens with one attached hydrogen (secondary N) is 2. The highest BCUT2D eigenvalue weighted by molar-refractivity contribution is 6.04. The number of urea groups is 1. The van der Waals surface area contributed by atoms with Crippen LogP contribution in [0.4, 0.5) is 21.9 Å². The molecule has 6 nitrogen and oxygen atoms in total.